The number of Topliss-reactive ketones (excluding diaryl/α,β-unsaturated/α-hetero) is 1. The van der Waals surface area contributed by atoms with Crippen LogP contribution in [0.15, 0.2) is 0 Å². The van der Waals surface area contributed by atoms with Crippen molar-refractivity contribution in [1.82, 2.24) is 4.90 Å². The van der Waals surface area contributed by atoms with Gasteiger partial charge in [-0.3, -0.25) is 4.79 Å². The van der Waals surface area contributed by atoms with Crippen LogP contribution < -0.4 is 0 Å². The first-order valence-corrected chi connectivity index (χ1v) is 8.67. The number of hydrogen-bond donors (Lipinski definition) is 0. The van der Waals surface area contributed by atoms with Crippen molar-refractivity contribution in [3.8, 4) is 0 Å². The molecular formula is C18H33NO. The van der Waals surface area contributed by atoms with Gasteiger partial charge in [0.15, 0.2) is 0 Å². The zero-order valence-electron chi connectivity index (χ0n) is 14.0. The Balaban J connectivity index is 1.88. The van der Waals surface area contributed by atoms with E-state index in [4.69, 9.17) is 0 Å². The Morgan fingerprint density at radius 3 is 2.60 bits per heavy atom. The molecule has 0 spiro atoms. The van der Waals surface area contributed by atoms with Gasteiger partial charge < -0.3 is 4.90 Å². The molecule has 1 aliphatic heterocycles. The third-order valence-corrected chi connectivity index (χ3v) is 5.68. The lowest BCUT2D eigenvalue weighted by molar-refractivity contribution is -0.135. The molecule has 2 rings (SSSR count). The van der Waals surface area contributed by atoms with Crippen LogP contribution in [0.5, 0.6) is 0 Å². The summed E-state index contributed by atoms with van der Waals surface area (Å²) in [6.07, 6.45) is 7.43. The number of rotatable bonds is 3. The normalized spacial score (nSPS) is 32.4. The van der Waals surface area contributed by atoms with Crippen LogP contribution in [-0.4, -0.2) is 30.3 Å². The first kappa shape index (κ1) is 16.0. The minimum absolute atomic E-state index is 0.0742. The smallest absolute Gasteiger partial charge is 0.142 e. The van der Waals surface area contributed by atoms with Gasteiger partial charge in [0, 0.05) is 17.9 Å². The second-order valence-corrected chi connectivity index (χ2v) is 8.07. The first-order valence-electron chi connectivity index (χ1n) is 8.67. The standard InChI is InChI=1S/C18H33NO/c1-14(2)15-8-6-11-19(12-9-15)13-16-7-5-10-18(3,4)17(16)20/h14-16H,5-13H2,1-4H3. The molecule has 2 atom stereocenters. The number of ketones is 1. The van der Waals surface area contributed by atoms with E-state index < -0.39 is 0 Å². The van der Waals surface area contributed by atoms with Crippen LogP contribution in [0.1, 0.15) is 66.2 Å². The zero-order chi connectivity index (χ0) is 14.8. The predicted octanol–water partition coefficient (Wildman–Crippen LogP) is 4.14. The summed E-state index contributed by atoms with van der Waals surface area (Å²) in [6.45, 7) is 12.4. The largest absolute Gasteiger partial charge is 0.303 e. The topological polar surface area (TPSA) is 20.3 Å². The molecule has 2 fully saturated rings. The van der Waals surface area contributed by atoms with Crippen molar-refractivity contribution in [3.05, 3.63) is 0 Å². The average molecular weight is 279 g/mol. The molecule has 0 N–H and O–H groups in total. The third kappa shape index (κ3) is 3.84. The Kier molecular flexibility index (Phi) is 5.28. The highest BCUT2D eigenvalue weighted by Gasteiger charge is 2.37. The van der Waals surface area contributed by atoms with Crippen LogP contribution in [0.3, 0.4) is 0 Å². The molecule has 1 saturated heterocycles. The number of hydrogen-bond acceptors (Lipinski definition) is 2. The molecule has 2 aliphatic rings. The van der Waals surface area contributed by atoms with Crippen LogP contribution >= 0.6 is 0 Å². The molecule has 20 heavy (non-hydrogen) atoms. The lowest BCUT2D eigenvalue weighted by atomic mass is 9.71. The molecule has 0 bridgehead atoms. The molecule has 2 heteroatoms. The van der Waals surface area contributed by atoms with E-state index in [1.165, 1.54) is 38.8 Å². The summed E-state index contributed by atoms with van der Waals surface area (Å²) in [6, 6.07) is 0. The minimum Gasteiger partial charge on any atom is -0.303 e. The fourth-order valence-corrected chi connectivity index (χ4v) is 4.11. The fraction of sp³-hybridized carbons (Fsp3) is 0.944. The maximum atomic E-state index is 12.6. The van der Waals surface area contributed by atoms with Gasteiger partial charge in [0.2, 0.25) is 0 Å². The number of nitrogens with zero attached hydrogens (tertiary/aromatic N) is 1. The van der Waals surface area contributed by atoms with Crippen molar-refractivity contribution in [2.24, 2.45) is 23.2 Å². The highest BCUT2D eigenvalue weighted by Crippen LogP contribution is 2.36. The molecule has 116 valence electrons. The lowest BCUT2D eigenvalue weighted by Crippen LogP contribution is -2.42. The zero-order valence-corrected chi connectivity index (χ0v) is 14.0. The summed E-state index contributed by atoms with van der Waals surface area (Å²) in [5.41, 5.74) is -0.0742. The van der Waals surface area contributed by atoms with Crippen LogP contribution in [0.2, 0.25) is 0 Å². The number of carbonyl (C=O) groups is 1. The molecular weight excluding hydrogens is 246 g/mol. The first-order chi connectivity index (χ1) is 9.40. The second-order valence-electron chi connectivity index (χ2n) is 8.07. The predicted molar refractivity (Wildman–Crippen MR) is 84.7 cm³/mol. The van der Waals surface area contributed by atoms with Crippen LogP contribution in [0, 0.1) is 23.2 Å². The maximum Gasteiger partial charge on any atom is 0.142 e. The van der Waals surface area contributed by atoms with Gasteiger partial charge >= 0.3 is 0 Å². The van der Waals surface area contributed by atoms with Crippen LogP contribution in [0.4, 0.5) is 0 Å². The van der Waals surface area contributed by atoms with Gasteiger partial charge in [0.1, 0.15) is 5.78 Å². The summed E-state index contributed by atoms with van der Waals surface area (Å²) in [4.78, 5) is 15.1. The van der Waals surface area contributed by atoms with E-state index in [1.54, 1.807) is 0 Å². The Bertz CT molecular complexity index is 334. The molecule has 0 aromatic carbocycles. The summed E-state index contributed by atoms with van der Waals surface area (Å²) >= 11 is 0. The van der Waals surface area contributed by atoms with Crippen LogP contribution in [-0.2, 0) is 4.79 Å². The Labute approximate surface area is 125 Å². The molecule has 1 heterocycles. The second kappa shape index (κ2) is 6.60. The van der Waals surface area contributed by atoms with Crippen LogP contribution in [0.25, 0.3) is 0 Å². The van der Waals surface area contributed by atoms with E-state index in [0.29, 0.717) is 11.7 Å². The Hall–Kier alpha value is -0.370. The fourth-order valence-electron chi connectivity index (χ4n) is 4.11. The van der Waals surface area contributed by atoms with Gasteiger partial charge in [-0.25, -0.2) is 0 Å². The number of likely N-dealkylation sites (tertiary alicyclic amines) is 1. The van der Waals surface area contributed by atoms with Crippen molar-refractivity contribution < 1.29 is 4.79 Å². The van der Waals surface area contributed by atoms with E-state index in [-0.39, 0.29) is 5.41 Å². The van der Waals surface area contributed by atoms with Gasteiger partial charge in [-0.1, -0.05) is 34.1 Å². The van der Waals surface area contributed by atoms with Gasteiger partial charge in [0.25, 0.3) is 0 Å². The van der Waals surface area contributed by atoms with Crippen molar-refractivity contribution in [2.45, 2.75) is 66.2 Å². The maximum absolute atomic E-state index is 12.6. The van der Waals surface area contributed by atoms with Gasteiger partial charge in [-0.05, 0) is 57.0 Å². The molecule has 2 unspecified atom stereocenters. The third-order valence-electron chi connectivity index (χ3n) is 5.68. The molecule has 2 nitrogen and oxygen atoms in total. The van der Waals surface area contributed by atoms with E-state index in [2.05, 4.69) is 32.6 Å². The van der Waals surface area contributed by atoms with Crippen molar-refractivity contribution in [1.29, 1.82) is 0 Å². The SMILES string of the molecule is CC(C)C1CCCN(CC2CCCC(C)(C)C2=O)CC1. The van der Waals surface area contributed by atoms with E-state index in [9.17, 15) is 4.79 Å². The lowest BCUT2D eigenvalue weighted by Gasteiger charge is -2.36. The molecule has 1 aliphatic carbocycles. The van der Waals surface area contributed by atoms with Gasteiger partial charge in [-0.2, -0.15) is 0 Å². The Morgan fingerprint density at radius 1 is 1.15 bits per heavy atom. The van der Waals surface area contributed by atoms with Gasteiger partial charge in [0.05, 0.1) is 0 Å². The monoisotopic (exact) mass is 279 g/mol. The van der Waals surface area contributed by atoms with E-state index >= 15 is 0 Å². The summed E-state index contributed by atoms with van der Waals surface area (Å²) in [5, 5.41) is 0. The van der Waals surface area contributed by atoms with Gasteiger partial charge in [-0.15, -0.1) is 0 Å². The highest BCUT2D eigenvalue weighted by atomic mass is 16.1. The number of carbonyl (C=O) groups excluding carboxylic acids is 1. The summed E-state index contributed by atoms with van der Waals surface area (Å²) in [7, 11) is 0. The summed E-state index contributed by atoms with van der Waals surface area (Å²) < 4.78 is 0. The quantitative estimate of drug-likeness (QED) is 0.774. The molecule has 0 aromatic heterocycles. The average Bonchev–Trinajstić information content (AvgIpc) is 2.60. The Morgan fingerprint density at radius 2 is 1.90 bits per heavy atom. The molecule has 0 radical (unpaired) electrons. The van der Waals surface area contributed by atoms with Crippen molar-refractivity contribution in [2.75, 3.05) is 19.6 Å². The van der Waals surface area contributed by atoms with Crippen molar-refractivity contribution >= 4 is 5.78 Å². The minimum atomic E-state index is -0.0742. The molecule has 1 saturated carbocycles. The summed E-state index contributed by atoms with van der Waals surface area (Å²) in [5.74, 6) is 2.52. The van der Waals surface area contributed by atoms with E-state index in [1.807, 2.05) is 0 Å². The molecule has 0 aromatic rings. The molecule has 0 amide bonds. The van der Waals surface area contributed by atoms with E-state index in [0.717, 1.165) is 31.2 Å². The highest BCUT2D eigenvalue weighted by molar-refractivity contribution is 5.87. The van der Waals surface area contributed by atoms with Crippen molar-refractivity contribution in [3.63, 3.8) is 0 Å².